The minimum Gasteiger partial charge on any atom is -0.495 e. The molecule has 0 radical (unpaired) electrons. The Bertz CT molecular complexity index is 1230. The Labute approximate surface area is 179 Å². The van der Waals surface area contributed by atoms with E-state index >= 15 is 0 Å². The Morgan fingerprint density at radius 1 is 0.935 bits per heavy atom. The van der Waals surface area contributed by atoms with E-state index in [-0.39, 0.29) is 4.90 Å². The first kappa shape index (κ1) is 20.5. The molecule has 31 heavy (non-hydrogen) atoms. The second kappa shape index (κ2) is 8.57. The van der Waals surface area contributed by atoms with Gasteiger partial charge in [0.15, 0.2) is 11.5 Å². The van der Waals surface area contributed by atoms with E-state index in [0.717, 1.165) is 0 Å². The number of methoxy groups -OCH3 is 1. The maximum Gasteiger partial charge on any atom is 0.262 e. The highest BCUT2D eigenvalue weighted by molar-refractivity contribution is 7.92. The standard InChI is InChI=1S/C22H20N2O6S/c1-28-19-8-3-2-7-18(19)24-31(26,27)17-6-4-5-16(14-17)23-22(25)15-9-10-20-21(13-15)30-12-11-29-20/h2-10,13-14,24H,11-12H2,1H3,(H,23,25). The van der Waals surface area contributed by atoms with Crippen molar-refractivity contribution in [2.75, 3.05) is 30.4 Å². The molecule has 0 fully saturated rings. The molecule has 1 amide bonds. The fourth-order valence-electron chi connectivity index (χ4n) is 3.06. The van der Waals surface area contributed by atoms with Crippen LogP contribution in [0.3, 0.4) is 0 Å². The van der Waals surface area contributed by atoms with Crippen LogP contribution in [-0.4, -0.2) is 34.6 Å². The number of carbonyl (C=O) groups excluding carboxylic acids is 1. The van der Waals surface area contributed by atoms with Crippen molar-refractivity contribution in [3.63, 3.8) is 0 Å². The molecule has 0 atom stereocenters. The minimum atomic E-state index is -3.90. The van der Waals surface area contributed by atoms with E-state index in [1.807, 2.05) is 0 Å². The van der Waals surface area contributed by atoms with Crippen LogP contribution in [0.5, 0.6) is 17.2 Å². The van der Waals surface area contributed by atoms with Crippen LogP contribution in [0.15, 0.2) is 71.6 Å². The van der Waals surface area contributed by atoms with E-state index in [2.05, 4.69) is 10.0 Å². The SMILES string of the molecule is COc1ccccc1NS(=O)(=O)c1cccc(NC(=O)c2ccc3c(c2)OCCO3)c1. The summed E-state index contributed by atoms with van der Waals surface area (Å²) >= 11 is 0. The molecule has 1 aliphatic rings. The fraction of sp³-hybridized carbons (Fsp3) is 0.136. The molecule has 0 spiro atoms. The highest BCUT2D eigenvalue weighted by Crippen LogP contribution is 2.31. The molecule has 8 nitrogen and oxygen atoms in total. The Balaban J connectivity index is 1.53. The third-order valence-electron chi connectivity index (χ3n) is 4.56. The van der Waals surface area contributed by atoms with E-state index in [1.54, 1.807) is 54.6 Å². The van der Waals surface area contributed by atoms with Gasteiger partial charge in [0, 0.05) is 11.3 Å². The van der Waals surface area contributed by atoms with Crippen LogP contribution in [0.2, 0.25) is 0 Å². The van der Waals surface area contributed by atoms with E-state index < -0.39 is 15.9 Å². The number of hydrogen-bond acceptors (Lipinski definition) is 6. The molecule has 4 rings (SSSR count). The van der Waals surface area contributed by atoms with Crippen molar-refractivity contribution < 1.29 is 27.4 Å². The summed E-state index contributed by atoms with van der Waals surface area (Å²) in [4.78, 5) is 12.6. The summed E-state index contributed by atoms with van der Waals surface area (Å²) in [5, 5.41) is 2.71. The molecule has 3 aromatic rings. The number of anilines is 2. The molecule has 1 aliphatic heterocycles. The van der Waals surface area contributed by atoms with Gasteiger partial charge in [-0.2, -0.15) is 0 Å². The predicted octanol–water partition coefficient (Wildman–Crippen LogP) is 3.52. The zero-order chi connectivity index (χ0) is 21.8. The number of amides is 1. The predicted molar refractivity (Wildman–Crippen MR) is 116 cm³/mol. The van der Waals surface area contributed by atoms with Gasteiger partial charge in [0.2, 0.25) is 0 Å². The maximum absolute atomic E-state index is 12.8. The molecular weight excluding hydrogens is 420 g/mol. The normalized spacial score (nSPS) is 12.7. The number of nitrogens with one attached hydrogen (secondary N) is 2. The zero-order valence-corrected chi connectivity index (χ0v) is 17.4. The smallest absolute Gasteiger partial charge is 0.262 e. The third-order valence-corrected chi connectivity index (χ3v) is 5.92. The van der Waals surface area contributed by atoms with Gasteiger partial charge in [0.05, 0.1) is 17.7 Å². The monoisotopic (exact) mass is 440 g/mol. The number of carbonyl (C=O) groups is 1. The molecule has 0 aliphatic carbocycles. The summed E-state index contributed by atoms with van der Waals surface area (Å²) in [5.74, 6) is 1.08. The van der Waals surface area contributed by atoms with E-state index in [1.165, 1.54) is 19.2 Å². The largest absolute Gasteiger partial charge is 0.495 e. The first-order valence-corrected chi connectivity index (χ1v) is 10.9. The van der Waals surface area contributed by atoms with Crippen molar-refractivity contribution in [2.24, 2.45) is 0 Å². The number of hydrogen-bond donors (Lipinski definition) is 2. The Morgan fingerprint density at radius 3 is 2.52 bits per heavy atom. The summed E-state index contributed by atoms with van der Waals surface area (Å²) in [6, 6.07) is 17.6. The molecule has 9 heteroatoms. The van der Waals surface area contributed by atoms with Crippen LogP contribution in [-0.2, 0) is 10.0 Å². The molecular formula is C22H20N2O6S. The van der Waals surface area contributed by atoms with Gasteiger partial charge in [-0.15, -0.1) is 0 Å². The van der Waals surface area contributed by atoms with Gasteiger partial charge in [-0.05, 0) is 48.5 Å². The summed E-state index contributed by atoms with van der Waals surface area (Å²) in [6.07, 6.45) is 0. The van der Waals surface area contributed by atoms with Crippen molar-refractivity contribution in [1.82, 2.24) is 0 Å². The Kier molecular flexibility index (Phi) is 5.68. The van der Waals surface area contributed by atoms with E-state index in [0.29, 0.717) is 47.4 Å². The first-order valence-electron chi connectivity index (χ1n) is 9.43. The Hall–Kier alpha value is -3.72. The quantitative estimate of drug-likeness (QED) is 0.608. The number of rotatable bonds is 6. The minimum absolute atomic E-state index is 0.00150. The third kappa shape index (κ3) is 4.56. The summed E-state index contributed by atoms with van der Waals surface area (Å²) in [5.41, 5.74) is 1.02. The molecule has 1 heterocycles. The molecule has 3 aromatic carbocycles. The van der Waals surface area contributed by atoms with E-state index in [4.69, 9.17) is 14.2 Å². The fourth-order valence-corrected chi connectivity index (χ4v) is 4.18. The number of fused-ring (bicyclic) bond motifs is 1. The van der Waals surface area contributed by atoms with Crippen molar-refractivity contribution in [2.45, 2.75) is 4.90 Å². The zero-order valence-electron chi connectivity index (χ0n) is 16.6. The van der Waals surface area contributed by atoms with Crippen molar-refractivity contribution >= 4 is 27.3 Å². The van der Waals surface area contributed by atoms with Gasteiger partial charge in [0.1, 0.15) is 19.0 Å². The summed E-state index contributed by atoms with van der Waals surface area (Å²) < 4.78 is 44.3. The highest BCUT2D eigenvalue weighted by atomic mass is 32.2. The lowest BCUT2D eigenvalue weighted by Crippen LogP contribution is -2.17. The average Bonchev–Trinajstić information content (AvgIpc) is 2.79. The van der Waals surface area contributed by atoms with Crippen LogP contribution in [0.1, 0.15) is 10.4 Å². The van der Waals surface area contributed by atoms with Gasteiger partial charge in [-0.1, -0.05) is 18.2 Å². The number of sulfonamides is 1. The van der Waals surface area contributed by atoms with Gasteiger partial charge >= 0.3 is 0 Å². The molecule has 2 N–H and O–H groups in total. The van der Waals surface area contributed by atoms with Crippen molar-refractivity contribution in [1.29, 1.82) is 0 Å². The highest BCUT2D eigenvalue weighted by Gasteiger charge is 2.18. The van der Waals surface area contributed by atoms with Crippen LogP contribution >= 0.6 is 0 Å². The lowest BCUT2D eigenvalue weighted by molar-refractivity contribution is 0.102. The second-order valence-electron chi connectivity index (χ2n) is 6.65. The van der Waals surface area contributed by atoms with Crippen LogP contribution in [0.25, 0.3) is 0 Å². The second-order valence-corrected chi connectivity index (χ2v) is 8.33. The molecule has 0 unspecified atom stereocenters. The van der Waals surface area contributed by atoms with Gasteiger partial charge in [0.25, 0.3) is 15.9 Å². The molecule has 0 bridgehead atoms. The summed E-state index contributed by atoms with van der Waals surface area (Å²) in [6.45, 7) is 0.875. The van der Waals surface area contributed by atoms with Gasteiger partial charge < -0.3 is 19.5 Å². The maximum atomic E-state index is 12.8. The van der Waals surface area contributed by atoms with E-state index in [9.17, 15) is 13.2 Å². The lowest BCUT2D eigenvalue weighted by atomic mass is 10.1. The lowest BCUT2D eigenvalue weighted by Gasteiger charge is -2.18. The van der Waals surface area contributed by atoms with Gasteiger partial charge in [-0.3, -0.25) is 9.52 Å². The Morgan fingerprint density at radius 2 is 1.71 bits per heavy atom. The average molecular weight is 440 g/mol. The van der Waals surface area contributed by atoms with Crippen LogP contribution in [0.4, 0.5) is 11.4 Å². The topological polar surface area (TPSA) is 103 Å². The summed E-state index contributed by atoms with van der Waals surface area (Å²) in [7, 11) is -2.44. The van der Waals surface area contributed by atoms with Crippen LogP contribution < -0.4 is 24.2 Å². The number of benzene rings is 3. The van der Waals surface area contributed by atoms with Crippen LogP contribution in [0, 0.1) is 0 Å². The number of para-hydroxylation sites is 2. The first-order chi connectivity index (χ1) is 15.0. The molecule has 0 saturated carbocycles. The molecule has 0 saturated heterocycles. The molecule has 0 aromatic heterocycles. The number of ether oxygens (including phenoxy) is 3. The van der Waals surface area contributed by atoms with Crippen molar-refractivity contribution in [3.8, 4) is 17.2 Å². The van der Waals surface area contributed by atoms with Gasteiger partial charge in [-0.25, -0.2) is 8.42 Å². The van der Waals surface area contributed by atoms with Crippen molar-refractivity contribution in [3.05, 3.63) is 72.3 Å². The molecule has 160 valence electrons.